The Kier molecular flexibility index (Phi) is 4.70. The number of nitrogens with zero attached hydrogens (tertiary/aromatic N) is 1. The highest BCUT2D eigenvalue weighted by molar-refractivity contribution is 7.99. The number of hydrogen-bond donors (Lipinski definition) is 2. The van der Waals surface area contributed by atoms with Gasteiger partial charge in [0.15, 0.2) is 5.16 Å². The highest BCUT2D eigenvalue weighted by atomic mass is 32.2. The van der Waals surface area contributed by atoms with E-state index in [9.17, 15) is 14.0 Å². The lowest BCUT2D eigenvalue weighted by atomic mass is 9.72. The molecular formula is C20H18FN3O2S. The molecule has 7 heteroatoms. The lowest BCUT2D eigenvalue weighted by Crippen LogP contribution is -2.38. The molecule has 2 atom stereocenters. The van der Waals surface area contributed by atoms with Crippen molar-refractivity contribution in [2.24, 2.45) is 5.92 Å². The molecule has 2 heterocycles. The second-order valence-corrected chi connectivity index (χ2v) is 7.54. The average Bonchev–Trinajstić information content (AvgIpc) is 2.65. The molecule has 0 radical (unpaired) electrons. The number of fused-ring (bicyclic) bond motifs is 2. The summed E-state index contributed by atoms with van der Waals surface area (Å²) in [5.41, 5.74) is 1.63. The van der Waals surface area contributed by atoms with Crippen molar-refractivity contribution >= 4 is 23.4 Å². The van der Waals surface area contributed by atoms with E-state index >= 15 is 0 Å². The number of carbonyl (C=O) groups excluding carboxylic acids is 1. The van der Waals surface area contributed by atoms with E-state index in [0.29, 0.717) is 35.1 Å². The topological polar surface area (TPSA) is 74.8 Å². The number of ketones is 1. The monoisotopic (exact) mass is 383 g/mol. The van der Waals surface area contributed by atoms with Gasteiger partial charge in [0.2, 0.25) is 0 Å². The molecule has 2 N–H and O–H groups in total. The molecule has 0 fully saturated rings. The standard InChI is InChI=1S/C20H18FN3O2S/c1-2-10-27-20-23-18-17(19(26)24-20)15(11-6-8-12(21)9-7-11)16-13(22-18)4-3-5-14(16)25/h2,4,6-9,15-16H,1,3,5,10H2,(H2,22,23,24,26)/t15-,16-/m0/s1. The van der Waals surface area contributed by atoms with Gasteiger partial charge in [0.1, 0.15) is 17.4 Å². The van der Waals surface area contributed by atoms with Crippen molar-refractivity contribution in [3.8, 4) is 0 Å². The summed E-state index contributed by atoms with van der Waals surface area (Å²) in [6.07, 6.45) is 4.81. The van der Waals surface area contributed by atoms with E-state index in [1.54, 1.807) is 18.2 Å². The first kappa shape index (κ1) is 17.7. The maximum Gasteiger partial charge on any atom is 0.257 e. The molecular weight excluding hydrogens is 365 g/mol. The molecule has 138 valence electrons. The largest absolute Gasteiger partial charge is 0.343 e. The number of aromatic amines is 1. The number of carbonyl (C=O) groups is 1. The molecule has 27 heavy (non-hydrogen) atoms. The first-order chi connectivity index (χ1) is 13.1. The van der Waals surface area contributed by atoms with E-state index in [1.807, 2.05) is 6.08 Å². The van der Waals surface area contributed by atoms with Crippen molar-refractivity contribution < 1.29 is 9.18 Å². The van der Waals surface area contributed by atoms with Crippen LogP contribution in [0, 0.1) is 11.7 Å². The molecule has 0 saturated carbocycles. The van der Waals surface area contributed by atoms with Gasteiger partial charge in [0, 0.05) is 23.8 Å². The molecule has 0 spiro atoms. The molecule has 1 aliphatic carbocycles. The first-order valence-electron chi connectivity index (χ1n) is 8.71. The number of Topliss-reactive ketones (excluding diaryl/α,β-unsaturated/α-hetero) is 1. The van der Waals surface area contributed by atoms with E-state index in [2.05, 4.69) is 21.9 Å². The van der Waals surface area contributed by atoms with Gasteiger partial charge in [-0.15, -0.1) is 6.58 Å². The molecule has 1 aliphatic heterocycles. The predicted octanol–water partition coefficient (Wildman–Crippen LogP) is 3.61. The predicted molar refractivity (Wildman–Crippen MR) is 103 cm³/mol. The van der Waals surface area contributed by atoms with Crippen molar-refractivity contribution in [2.45, 2.75) is 23.9 Å². The molecule has 0 bridgehead atoms. The first-order valence-corrected chi connectivity index (χ1v) is 9.70. The molecule has 0 saturated heterocycles. The number of rotatable bonds is 4. The Morgan fingerprint density at radius 2 is 2.04 bits per heavy atom. The second-order valence-electron chi connectivity index (χ2n) is 6.53. The molecule has 0 unspecified atom stereocenters. The molecule has 0 amide bonds. The third-order valence-corrected chi connectivity index (χ3v) is 5.71. The summed E-state index contributed by atoms with van der Waals surface area (Å²) in [6.45, 7) is 3.67. The maximum absolute atomic E-state index is 13.4. The van der Waals surface area contributed by atoms with E-state index in [1.165, 1.54) is 23.9 Å². The number of halogens is 1. The maximum atomic E-state index is 13.4. The fourth-order valence-corrected chi connectivity index (χ4v) is 4.30. The summed E-state index contributed by atoms with van der Waals surface area (Å²) < 4.78 is 13.4. The van der Waals surface area contributed by atoms with Gasteiger partial charge in [-0.05, 0) is 24.1 Å². The third kappa shape index (κ3) is 3.23. The molecule has 5 nitrogen and oxygen atoms in total. The van der Waals surface area contributed by atoms with Gasteiger partial charge in [-0.3, -0.25) is 9.59 Å². The van der Waals surface area contributed by atoms with Crippen molar-refractivity contribution in [3.63, 3.8) is 0 Å². The van der Waals surface area contributed by atoms with Crippen LogP contribution < -0.4 is 10.9 Å². The summed E-state index contributed by atoms with van der Waals surface area (Å²) >= 11 is 1.38. The SMILES string of the molecule is C=CCSc1nc2c(c(=O)[nH]1)[C@@H](c1ccc(F)cc1)[C@@H]1C(=O)CCC=C1N2. The van der Waals surface area contributed by atoms with Crippen LogP contribution in [0.1, 0.15) is 29.9 Å². The van der Waals surface area contributed by atoms with Gasteiger partial charge >= 0.3 is 0 Å². The number of aromatic nitrogens is 2. The van der Waals surface area contributed by atoms with Crippen molar-refractivity contribution in [2.75, 3.05) is 11.1 Å². The Labute approximate surface area is 159 Å². The van der Waals surface area contributed by atoms with Crippen LogP contribution >= 0.6 is 11.8 Å². The fraction of sp³-hybridized carbons (Fsp3) is 0.250. The van der Waals surface area contributed by atoms with Crippen LogP contribution in [0.3, 0.4) is 0 Å². The minimum absolute atomic E-state index is 0.0736. The van der Waals surface area contributed by atoms with Gasteiger partial charge in [0.25, 0.3) is 5.56 Å². The number of allylic oxidation sites excluding steroid dienone is 2. The van der Waals surface area contributed by atoms with Crippen LogP contribution in [0.25, 0.3) is 0 Å². The van der Waals surface area contributed by atoms with Gasteiger partial charge in [0.05, 0.1) is 11.5 Å². The lowest BCUT2D eigenvalue weighted by molar-refractivity contribution is -0.122. The Morgan fingerprint density at radius 1 is 1.26 bits per heavy atom. The van der Waals surface area contributed by atoms with E-state index in [-0.39, 0.29) is 17.2 Å². The molecule has 1 aromatic carbocycles. The van der Waals surface area contributed by atoms with Crippen LogP contribution in [0.15, 0.2) is 58.6 Å². The van der Waals surface area contributed by atoms with Gasteiger partial charge in [-0.25, -0.2) is 9.37 Å². The van der Waals surface area contributed by atoms with E-state index in [0.717, 1.165) is 11.3 Å². The van der Waals surface area contributed by atoms with Gasteiger partial charge in [-0.1, -0.05) is 36.0 Å². The number of benzene rings is 1. The van der Waals surface area contributed by atoms with Crippen LogP contribution in [0.4, 0.5) is 10.2 Å². The number of thioether (sulfide) groups is 1. The van der Waals surface area contributed by atoms with Crippen molar-refractivity contribution in [1.82, 2.24) is 9.97 Å². The van der Waals surface area contributed by atoms with Gasteiger partial charge < -0.3 is 10.3 Å². The lowest BCUT2D eigenvalue weighted by Gasteiger charge is -2.36. The number of nitrogens with one attached hydrogen (secondary N) is 2. The second kappa shape index (κ2) is 7.15. The summed E-state index contributed by atoms with van der Waals surface area (Å²) in [5, 5.41) is 3.68. The van der Waals surface area contributed by atoms with E-state index < -0.39 is 11.8 Å². The highest BCUT2D eigenvalue weighted by Crippen LogP contribution is 2.44. The van der Waals surface area contributed by atoms with Crippen LogP contribution in [0.2, 0.25) is 0 Å². The molecule has 2 aliphatic rings. The van der Waals surface area contributed by atoms with Crippen LogP contribution in [-0.4, -0.2) is 21.5 Å². The van der Waals surface area contributed by atoms with Crippen molar-refractivity contribution in [1.29, 1.82) is 0 Å². The summed E-state index contributed by atoms with van der Waals surface area (Å²) in [4.78, 5) is 32.9. The normalized spacial score (nSPS) is 20.9. The van der Waals surface area contributed by atoms with Crippen LogP contribution in [0.5, 0.6) is 0 Å². The van der Waals surface area contributed by atoms with E-state index in [4.69, 9.17) is 0 Å². The van der Waals surface area contributed by atoms with Gasteiger partial charge in [-0.2, -0.15) is 0 Å². The smallest absolute Gasteiger partial charge is 0.257 e. The fourth-order valence-electron chi connectivity index (χ4n) is 3.70. The molecule has 1 aromatic heterocycles. The Bertz CT molecular complexity index is 997. The van der Waals surface area contributed by atoms with Crippen LogP contribution in [-0.2, 0) is 4.79 Å². The quantitative estimate of drug-likeness (QED) is 0.479. The summed E-state index contributed by atoms with van der Waals surface area (Å²) in [5.74, 6) is -0.183. The number of anilines is 1. The zero-order valence-electron chi connectivity index (χ0n) is 14.5. The van der Waals surface area contributed by atoms with Crippen molar-refractivity contribution in [3.05, 3.63) is 76.0 Å². The zero-order chi connectivity index (χ0) is 19.0. The summed E-state index contributed by atoms with van der Waals surface area (Å²) in [6, 6.07) is 5.97. The zero-order valence-corrected chi connectivity index (χ0v) is 15.3. The molecule has 4 rings (SSSR count). The third-order valence-electron chi connectivity index (χ3n) is 4.84. The Morgan fingerprint density at radius 3 is 2.78 bits per heavy atom. The highest BCUT2D eigenvalue weighted by Gasteiger charge is 2.42. The number of H-pyrrole nitrogens is 1. The number of hydrogen-bond acceptors (Lipinski definition) is 5. The average molecular weight is 383 g/mol. The minimum atomic E-state index is -0.490. The minimum Gasteiger partial charge on any atom is -0.343 e. The Balaban J connectivity index is 1.89. The summed E-state index contributed by atoms with van der Waals surface area (Å²) in [7, 11) is 0. The Hall–Kier alpha value is -2.67. The molecule has 2 aromatic rings.